The Balaban J connectivity index is 0.00000392. The summed E-state index contributed by atoms with van der Waals surface area (Å²) < 4.78 is 5.57. The second kappa shape index (κ2) is 11.4. The molecule has 28 heavy (non-hydrogen) atoms. The number of nitrogens with zero attached hydrogens (tertiary/aromatic N) is 2. The van der Waals surface area contributed by atoms with Gasteiger partial charge in [0.2, 0.25) is 0 Å². The molecule has 6 nitrogen and oxygen atoms in total. The van der Waals surface area contributed by atoms with E-state index >= 15 is 0 Å². The number of nitrogens with one attached hydrogen (secondary N) is 2. The van der Waals surface area contributed by atoms with Crippen LogP contribution in [0.25, 0.3) is 0 Å². The lowest BCUT2D eigenvalue weighted by Gasteiger charge is -2.31. The molecule has 3 N–H and O–H groups in total. The van der Waals surface area contributed by atoms with Crippen molar-refractivity contribution >= 4 is 29.9 Å². The Morgan fingerprint density at radius 3 is 2.43 bits per heavy atom. The highest BCUT2D eigenvalue weighted by Gasteiger charge is 2.28. The van der Waals surface area contributed by atoms with Crippen molar-refractivity contribution in [2.75, 3.05) is 32.7 Å². The number of rotatable bonds is 8. The van der Waals surface area contributed by atoms with Crippen LogP contribution in [0.5, 0.6) is 0 Å². The first-order valence-corrected chi connectivity index (χ1v) is 10.3. The lowest BCUT2D eigenvalue weighted by molar-refractivity contribution is 0.0656. The van der Waals surface area contributed by atoms with Crippen molar-refractivity contribution in [1.82, 2.24) is 15.5 Å². The third-order valence-corrected chi connectivity index (χ3v) is 5.37. The highest BCUT2D eigenvalue weighted by Crippen LogP contribution is 2.27. The van der Waals surface area contributed by atoms with E-state index in [1.165, 1.54) is 25.9 Å². The van der Waals surface area contributed by atoms with Crippen LogP contribution in [0, 0.1) is 19.8 Å². The van der Waals surface area contributed by atoms with E-state index < -0.39 is 5.60 Å². The topological polar surface area (TPSA) is 73.0 Å². The Bertz CT molecular complexity index is 622. The number of halogens is 1. The minimum absolute atomic E-state index is 0. The van der Waals surface area contributed by atoms with Crippen LogP contribution in [0.4, 0.5) is 0 Å². The number of aryl methyl sites for hydroxylation is 2. The van der Waals surface area contributed by atoms with Gasteiger partial charge < -0.3 is 20.2 Å². The van der Waals surface area contributed by atoms with Crippen molar-refractivity contribution in [2.24, 2.45) is 10.9 Å². The van der Waals surface area contributed by atoms with Gasteiger partial charge in [-0.3, -0.25) is 4.90 Å². The first-order chi connectivity index (χ1) is 12.7. The highest BCUT2D eigenvalue weighted by atomic mass is 127. The molecule has 1 aromatic rings. The molecule has 2 heterocycles. The van der Waals surface area contributed by atoms with Gasteiger partial charge in [0.25, 0.3) is 0 Å². The summed E-state index contributed by atoms with van der Waals surface area (Å²) >= 11 is 0. The maximum atomic E-state index is 10.9. The van der Waals surface area contributed by atoms with Crippen LogP contribution in [-0.4, -0.2) is 54.7 Å². The molecule has 2 rings (SSSR count). The molecular formula is C21H39IN4O2. The van der Waals surface area contributed by atoms with Crippen LogP contribution in [0.15, 0.2) is 15.5 Å². The van der Waals surface area contributed by atoms with Gasteiger partial charge in [-0.25, -0.2) is 4.99 Å². The van der Waals surface area contributed by atoms with Crippen molar-refractivity contribution in [2.45, 2.75) is 66.0 Å². The van der Waals surface area contributed by atoms with Crippen LogP contribution in [-0.2, 0) is 5.60 Å². The third kappa shape index (κ3) is 6.91. The number of hydrogen-bond donors (Lipinski definition) is 3. The normalized spacial score (nSPS) is 18.6. The summed E-state index contributed by atoms with van der Waals surface area (Å²) in [5, 5.41) is 17.7. The Hall–Kier alpha value is -0.800. The van der Waals surface area contributed by atoms with Crippen molar-refractivity contribution in [3.8, 4) is 0 Å². The quantitative estimate of drug-likeness (QED) is 0.287. The molecule has 0 amide bonds. The minimum atomic E-state index is -1.06. The maximum Gasteiger partial charge on any atom is 0.191 e. The van der Waals surface area contributed by atoms with Crippen molar-refractivity contribution in [1.29, 1.82) is 0 Å². The maximum absolute atomic E-state index is 10.9. The predicted octanol–water partition coefficient (Wildman–Crippen LogP) is 3.40. The second-order valence-corrected chi connectivity index (χ2v) is 8.23. The molecule has 0 aromatic carbocycles. The summed E-state index contributed by atoms with van der Waals surface area (Å²) in [5.41, 5.74) is -0.256. The van der Waals surface area contributed by atoms with E-state index in [-0.39, 0.29) is 30.5 Å². The Morgan fingerprint density at radius 1 is 1.29 bits per heavy atom. The molecule has 1 aliphatic heterocycles. The van der Waals surface area contributed by atoms with Gasteiger partial charge >= 0.3 is 0 Å². The smallest absolute Gasteiger partial charge is 0.191 e. The molecule has 0 aliphatic carbocycles. The fraction of sp³-hybridized carbons (Fsp3) is 0.762. The summed E-state index contributed by atoms with van der Waals surface area (Å²) in [6.07, 6.45) is 2.59. The highest BCUT2D eigenvalue weighted by molar-refractivity contribution is 14.0. The SMILES string of the molecule is CCNC(=NCC(C)(O)c1cc(C)oc1C)NCC(C(C)C)N1CCCC1.I. The van der Waals surface area contributed by atoms with Gasteiger partial charge in [0.05, 0.1) is 6.54 Å². The molecular weight excluding hydrogens is 467 g/mol. The van der Waals surface area contributed by atoms with Crippen LogP contribution >= 0.6 is 24.0 Å². The van der Waals surface area contributed by atoms with Crippen molar-refractivity contribution in [3.05, 3.63) is 23.2 Å². The summed E-state index contributed by atoms with van der Waals surface area (Å²) in [4.78, 5) is 7.23. The largest absolute Gasteiger partial charge is 0.466 e. The Morgan fingerprint density at radius 2 is 1.93 bits per heavy atom. The number of aliphatic imine (C=N–C) groups is 1. The first kappa shape index (κ1) is 25.2. The summed E-state index contributed by atoms with van der Waals surface area (Å²) in [6, 6.07) is 2.39. The van der Waals surface area contributed by atoms with E-state index in [9.17, 15) is 5.11 Å². The Labute approximate surface area is 187 Å². The number of furan rings is 1. The second-order valence-electron chi connectivity index (χ2n) is 8.23. The van der Waals surface area contributed by atoms with E-state index in [2.05, 4.69) is 41.3 Å². The van der Waals surface area contributed by atoms with Crippen LogP contribution in [0.3, 0.4) is 0 Å². The van der Waals surface area contributed by atoms with Crippen molar-refractivity contribution in [3.63, 3.8) is 0 Å². The molecule has 1 aromatic heterocycles. The summed E-state index contributed by atoms with van der Waals surface area (Å²) in [7, 11) is 0. The zero-order valence-electron chi connectivity index (χ0n) is 18.3. The van der Waals surface area contributed by atoms with Gasteiger partial charge in [-0.15, -0.1) is 24.0 Å². The summed E-state index contributed by atoms with van der Waals surface area (Å²) in [5.74, 6) is 2.89. The Kier molecular flexibility index (Phi) is 10.3. The standard InChI is InChI=1S/C21H38N4O2.HI/c1-7-22-20(23-13-19(15(2)3)25-10-8-9-11-25)24-14-21(6,26)18-12-16(4)27-17(18)5;/h12,15,19,26H,7-11,13-14H2,1-6H3,(H2,22,23,24);1H. The van der Waals surface area contributed by atoms with Crippen LogP contribution in [0.1, 0.15) is 57.6 Å². The minimum Gasteiger partial charge on any atom is -0.466 e. The predicted molar refractivity (Wildman–Crippen MR) is 127 cm³/mol. The number of guanidine groups is 1. The molecule has 2 atom stereocenters. The molecule has 2 unspecified atom stereocenters. The number of hydrogen-bond acceptors (Lipinski definition) is 4. The average molecular weight is 506 g/mol. The van der Waals surface area contributed by atoms with E-state index in [1.54, 1.807) is 6.92 Å². The molecule has 1 saturated heterocycles. The number of likely N-dealkylation sites (tertiary alicyclic amines) is 1. The lowest BCUT2D eigenvalue weighted by Crippen LogP contribution is -2.49. The lowest BCUT2D eigenvalue weighted by atomic mass is 9.96. The molecule has 0 saturated carbocycles. The molecule has 0 spiro atoms. The first-order valence-electron chi connectivity index (χ1n) is 10.3. The fourth-order valence-corrected chi connectivity index (χ4v) is 3.89. The van der Waals surface area contributed by atoms with Gasteiger partial charge in [-0.1, -0.05) is 13.8 Å². The molecule has 1 aliphatic rings. The molecule has 7 heteroatoms. The van der Waals surface area contributed by atoms with Gasteiger partial charge in [0.1, 0.15) is 17.1 Å². The molecule has 1 fully saturated rings. The van der Waals surface area contributed by atoms with Crippen LogP contribution < -0.4 is 10.6 Å². The third-order valence-electron chi connectivity index (χ3n) is 5.37. The molecule has 0 radical (unpaired) electrons. The van der Waals surface area contributed by atoms with E-state index in [4.69, 9.17) is 4.42 Å². The van der Waals surface area contributed by atoms with E-state index in [0.717, 1.165) is 36.1 Å². The van der Waals surface area contributed by atoms with Crippen LogP contribution in [0.2, 0.25) is 0 Å². The summed E-state index contributed by atoms with van der Waals surface area (Å²) in [6.45, 7) is 16.5. The van der Waals surface area contributed by atoms with Gasteiger partial charge in [-0.05, 0) is 65.6 Å². The van der Waals surface area contributed by atoms with E-state index in [0.29, 0.717) is 12.0 Å². The zero-order valence-corrected chi connectivity index (χ0v) is 20.7. The van der Waals surface area contributed by atoms with Gasteiger partial charge in [0.15, 0.2) is 5.96 Å². The van der Waals surface area contributed by atoms with Gasteiger partial charge in [-0.2, -0.15) is 0 Å². The number of aliphatic hydroxyl groups is 1. The zero-order chi connectivity index (χ0) is 20.0. The van der Waals surface area contributed by atoms with Gasteiger partial charge in [0, 0.05) is 24.7 Å². The van der Waals surface area contributed by atoms with E-state index in [1.807, 2.05) is 19.9 Å². The molecule has 162 valence electrons. The average Bonchev–Trinajstić information content (AvgIpc) is 3.22. The molecule has 0 bridgehead atoms. The monoisotopic (exact) mass is 506 g/mol. The van der Waals surface area contributed by atoms with Crippen molar-refractivity contribution < 1.29 is 9.52 Å². The fourth-order valence-electron chi connectivity index (χ4n) is 3.89.